The van der Waals surface area contributed by atoms with Crippen LogP contribution in [0, 0.1) is 0 Å². The number of nitrogens with two attached hydrogens (primary N) is 2. The summed E-state index contributed by atoms with van der Waals surface area (Å²) in [7, 11) is 0. The van der Waals surface area contributed by atoms with Crippen molar-refractivity contribution in [2.45, 2.75) is 0 Å². The summed E-state index contributed by atoms with van der Waals surface area (Å²) in [6.07, 6.45) is 1.54. The topological polar surface area (TPSA) is 124 Å². The molecule has 2 aromatic heterocycles. The minimum atomic E-state index is 0.0518. The average Bonchev–Trinajstić information content (AvgIpc) is 2.47. The summed E-state index contributed by atoms with van der Waals surface area (Å²) in [5.41, 5.74) is 13.7. The Bertz CT molecular complexity index is 817. The number of benzene rings is 1. The first kappa shape index (κ1) is 14.0. The van der Waals surface area contributed by atoms with Crippen LogP contribution in [0.3, 0.4) is 0 Å². The maximum absolute atomic E-state index is 9.41. The van der Waals surface area contributed by atoms with Crippen molar-refractivity contribution in [2.24, 2.45) is 0 Å². The lowest BCUT2D eigenvalue weighted by molar-refractivity contribution is 0.475. The fraction of sp³-hybridized carbons (Fsp3) is 0. The molecule has 5 N–H and O–H groups in total. The number of aromatic hydroxyl groups is 1. The van der Waals surface area contributed by atoms with E-state index in [0.29, 0.717) is 17.0 Å². The Hall–Kier alpha value is -2.93. The molecule has 1 aromatic carbocycles. The molecule has 7 nitrogen and oxygen atoms in total. The summed E-state index contributed by atoms with van der Waals surface area (Å²) >= 11 is 5.92. The van der Waals surface area contributed by atoms with E-state index in [1.54, 1.807) is 36.5 Å². The predicted molar refractivity (Wildman–Crippen MR) is 84.0 cm³/mol. The molecule has 0 spiro atoms. The van der Waals surface area contributed by atoms with Gasteiger partial charge in [0.2, 0.25) is 11.9 Å². The quantitative estimate of drug-likeness (QED) is 0.619. The third-order valence-electron chi connectivity index (χ3n) is 2.94. The minimum absolute atomic E-state index is 0.0518. The summed E-state index contributed by atoms with van der Waals surface area (Å²) in [6, 6.07) is 8.10. The van der Waals surface area contributed by atoms with Crippen LogP contribution in [-0.4, -0.2) is 25.0 Å². The first-order chi connectivity index (χ1) is 10.5. The number of anilines is 2. The lowest BCUT2D eigenvalue weighted by atomic mass is 10.0. The van der Waals surface area contributed by atoms with E-state index in [9.17, 15) is 5.11 Å². The van der Waals surface area contributed by atoms with E-state index in [1.807, 2.05) is 0 Å². The maximum atomic E-state index is 9.41. The van der Waals surface area contributed by atoms with Gasteiger partial charge >= 0.3 is 0 Å². The molecular formula is C14H11ClN6O. The van der Waals surface area contributed by atoms with Crippen molar-refractivity contribution in [3.8, 4) is 28.3 Å². The number of nitrogens with zero attached hydrogens (tertiary/aromatic N) is 4. The van der Waals surface area contributed by atoms with Gasteiger partial charge in [0.25, 0.3) is 0 Å². The second-order valence-electron chi connectivity index (χ2n) is 4.47. The SMILES string of the molecule is Nc1nc(Cl)cc(-c2cnc(N)nc2-c2ccc(O)cc2)n1. The van der Waals surface area contributed by atoms with E-state index >= 15 is 0 Å². The highest BCUT2D eigenvalue weighted by molar-refractivity contribution is 6.29. The molecule has 0 fully saturated rings. The van der Waals surface area contributed by atoms with Crippen LogP contribution in [0.25, 0.3) is 22.5 Å². The fourth-order valence-corrected chi connectivity index (χ4v) is 2.19. The molecular weight excluding hydrogens is 304 g/mol. The normalized spacial score (nSPS) is 10.6. The summed E-state index contributed by atoms with van der Waals surface area (Å²) in [6.45, 7) is 0. The second-order valence-corrected chi connectivity index (χ2v) is 4.86. The summed E-state index contributed by atoms with van der Waals surface area (Å²) in [5, 5.41) is 9.62. The van der Waals surface area contributed by atoms with Crippen molar-refractivity contribution >= 4 is 23.5 Å². The van der Waals surface area contributed by atoms with Crippen molar-refractivity contribution in [3.63, 3.8) is 0 Å². The van der Waals surface area contributed by atoms with Gasteiger partial charge in [-0.2, -0.15) is 0 Å². The molecule has 8 heteroatoms. The van der Waals surface area contributed by atoms with E-state index < -0.39 is 0 Å². The smallest absolute Gasteiger partial charge is 0.221 e. The van der Waals surface area contributed by atoms with E-state index in [0.717, 1.165) is 5.56 Å². The summed E-state index contributed by atoms with van der Waals surface area (Å²) in [4.78, 5) is 16.2. The Balaban J connectivity index is 2.22. The average molecular weight is 315 g/mol. The molecule has 0 aliphatic heterocycles. The number of halogens is 1. The standard InChI is InChI=1S/C14H11ClN6O/c15-11-5-10(19-14(17)20-11)9-6-18-13(16)21-12(9)7-1-3-8(22)4-2-7/h1-6,22H,(H2,16,18,21)(H2,17,19,20). The largest absolute Gasteiger partial charge is 0.508 e. The van der Waals surface area contributed by atoms with Crippen LogP contribution in [0.1, 0.15) is 0 Å². The van der Waals surface area contributed by atoms with Gasteiger partial charge in [-0.3, -0.25) is 0 Å². The highest BCUT2D eigenvalue weighted by atomic mass is 35.5. The molecule has 0 unspecified atom stereocenters. The van der Waals surface area contributed by atoms with Crippen LogP contribution in [0.4, 0.5) is 11.9 Å². The van der Waals surface area contributed by atoms with Crippen LogP contribution >= 0.6 is 11.6 Å². The van der Waals surface area contributed by atoms with Gasteiger partial charge in [-0.25, -0.2) is 19.9 Å². The Labute approximate surface area is 130 Å². The van der Waals surface area contributed by atoms with E-state index in [2.05, 4.69) is 19.9 Å². The maximum Gasteiger partial charge on any atom is 0.221 e. The van der Waals surface area contributed by atoms with Crippen molar-refractivity contribution in [1.82, 2.24) is 19.9 Å². The van der Waals surface area contributed by atoms with E-state index in [-0.39, 0.29) is 22.8 Å². The zero-order valence-corrected chi connectivity index (χ0v) is 12.0. The van der Waals surface area contributed by atoms with E-state index in [1.165, 1.54) is 0 Å². The number of hydrogen-bond donors (Lipinski definition) is 3. The molecule has 0 saturated carbocycles. The van der Waals surface area contributed by atoms with Gasteiger partial charge in [-0.05, 0) is 24.3 Å². The van der Waals surface area contributed by atoms with Crippen molar-refractivity contribution in [1.29, 1.82) is 0 Å². The molecule has 2 heterocycles. The van der Waals surface area contributed by atoms with Crippen LogP contribution in [0.2, 0.25) is 5.15 Å². The first-order valence-corrected chi connectivity index (χ1v) is 6.63. The molecule has 0 radical (unpaired) electrons. The fourth-order valence-electron chi connectivity index (χ4n) is 2.00. The zero-order chi connectivity index (χ0) is 15.7. The van der Waals surface area contributed by atoms with Crippen LogP contribution in [0.5, 0.6) is 5.75 Å². The Morgan fingerprint density at radius 3 is 2.36 bits per heavy atom. The van der Waals surface area contributed by atoms with Gasteiger partial charge in [-0.1, -0.05) is 11.6 Å². The van der Waals surface area contributed by atoms with Gasteiger partial charge < -0.3 is 16.6 Å². The highest BCUT2D eigenvalue weighted by Gasteiger charge is 2.13. The molecule has 0 saturated heterocycles. The molecule has 3 rings (SSSR count). The molecule has 0 aliphatic rings. The van der Waals surface area contributed by atoms with Crippen molar-refractivity contribution in [3.05, 3.63) is 41.7 Å². The lowest BCUT2D eigenvalue weighted by Gasteiger charge is -2.09. The predicted octanol–water partition coefficient (Wildman–Crippen LogP) is 2.12. The monoisotopic (exact) mass is 314 g/mol. The second kappa shape index (κ2) is 5.45. The molecule has 0 bridgehead atoms. The van der Waals surface area contributed by atoms with Gasteiger partial charge in [0.15, 0.2) is 0 Å². The van der Waals surface area contributed by atoms with Gasteiger partial charge in [0, 0.05) is 23.4 Å². The number of rotatable bonds is 2. The molecule has 0 aliphatic carbocycles. The lowest BCUT2D eigenvalue weighted by Crippen LogP contribution is -2.01. The van der Waals surface area contributed by atoms with Crippen LogP contribution in [-0.2, 0) is 0 Å². The van der Waals surface area contributed by atoms with Crippen molar-refractivity contribution in [2.75, 3.05) is 11.5 Å². The van der Waals surface area contributed by atoms with Gasteiger partial charge in [-0.15, -0.1) is 0 Å². The first-order valence-electron chi connectivity index (χ1n) is 6.25. The third kappa shape index (κ3) is 2.75. The molecule has 110 valence electrons. The van der Waals surface area contributed by atoms with Gasteiger partial charge in [0.05, 0.1) is 11.4 Å². The summed E-state index contributed by atoms with van der Waals surface area (Å²) in [5.74, 6) is 0.331. The van der Waals surface area contributed by atoms with Crippen LogP contribution < -0.4 is 11.5 Å². The summed E-state index contributed by atoms with van der Waals surface area (Å²) < 4.78 is 0. The van der Waals surface area contributed by atoms with Crippen molar-refractivity contribution < 1.29 is 5.11 Å². The number of phenolic OH excluding ortho intramolecular Hbond substituents is 1. The number of hydrogen-bond acceptors (Lipinski definition) is 7. The Morgan fingerprint density at radius 2 is 1.68 bits per heavy atom. The van der Waals surface area contributed by atoms with E-state index in [4.69, 9.17) is 23.1 Å². The molecule has 22 heavy (non-hydrogen) atoms. The highest BCUT2D eigenvalue weighted by Crippen LogP contribution is 2.31. The Morgan fingerprint density at radius 1 is 0.955 bits per heavy atom. The van der Waals surface area contributed by atoms with Gasteiger partial charge in [0.1, 0.15) is 10.9 Å². The number of nitrogen functional groups attached to an aromatic ring is 2. The zero-order valence-electron chi connectivity index (χ0n) is 11.2. The van der Waals surface area contributed by atoms with Crippen LogP contribution in [0.15, 0.2) is 36.5 Å². The Kier molecular flexibility index (Phi) is 3.48. The third-order valence-corrected chi connectivity index (χ3v) is 3.13. The molecule has 3 aromatic rings. The number of phenols is 1. The number of aromatic nitrogens is 4. The minimum Gasteiger partial charge on any atom is -0.508 e. The molecule has 0 amide bonds. The molecule has 0 atom stereocenters.